The summed E-state index contributed by atoms with van der Waals surface area (Å²) >= 11 is 0. The van der Waals surface area contributed by atoms with Gasteiger partial charge in [-0.2, -0.15) is 5.10 Å². The molecule has 112 valence electrons. The molecule has 0 atom stereocenters. The molecular weight excluding hydrogens is 282 g/mol. The normalized spacial score (nSPS) is 13.5. The number of carbonyl (C=O) groups excluding carboxylic acids is 1. The molecule has 0 aromatic carbocycles. The standard InChI is InChI=1S/C14H15N7O/c1-20-11-5-9(6-15-10(11)7-17-20)14(22)16-8-13-19-18-12-3-2-4-21(12)13/h5-7H,2-4,8H2,1H3,(H,16,22). The van der Waals surface area contributed by atoms with E-state index in [9.17, 15) is 4.79 Å². The predicted octanol–water partition coefficient (Wildman–Crippen LogP) is 0.436. The highest BCUT2D eigenvalue weighted by molar-refractivity contribution is 5.96. The minimum absolute atomic E-state index is 0.175. The second kappa shape index (κ2) is 4.90. The predicted molar refractivity (Wildman–Crippen MR) is 78.0 cm³/mol. The van der Waals surface area contributed by atoms with Crippen LogP contribution >= 0.6 is 0 Å². The summed E-state index contributed by atoms with van der Waals surface area (Å²) in [5.41, 5.74) is 2.11. The molecule has 3 aromatic rings. The summed E-state index contributed by atoms with van der Waals surface area (Å²) in [6, 6.07) is 1.79. The number of rotatable bonds is 3. The Morgan fingerprint density at radius 3 is 3.18 bits per heavy atom. The SMILES string of the molecule is Cn1ncc2ncc(C(=O)NCc3nnc4n3CCC4)cc21. The molecular formula is C14H15N7O. The quantitative estimate of drug-likeness (QED) is 0.757. The summed E-state index contributed by atoms with van der Waals surface area (Å²) in [5.74, 6) is 1.63. The minimum Gasteiger partial charge on any atom is -0.345 e. The minimum atomic E-state index is -0.175. The molecule has 22 heavy (non-hydrogen) atoms. The van der Waals surface area contributed by atoms with Gasteiger partial charge in [0.15, 0.2) is 5.82 Å². The number of carbonyl (C=O) groups is 1. The Kier molecular flexibility index (Phi) is 2.88. The van der Waals surface area contributed by atoms with Gasteiger partial charge in [0.05, 0.1) is 23.8 Å². The van der Waals surface area contributed by atoms with Crippen molar-refractivity contribution in [2.75, 3.05) is 0 Å². The first-order valence-electron chi connectivity index (χ1n) is 7.19. The van der Waals surface area contributed by atoms with Crippen molar-refractivity contribution in [1.29, 1.82) is 0 Å². The third-order valence-corrected chi connectivity index (χ3v) is 3.95. The molecule has 1 aliphatic rings. The van der Waals surface area contributed by atoms with Gasteiger partial charge < -0.3 is 9.88 Å². The van der Waals surface area contributed by atoms with E-state index in [4.69, 9.17) is 0 Å². The third kappa shape index (κ3) is 2.03. The fourth-order valence-corrected chi connectivity index (χ4v) is 2.75. The maximum absolute atomic E-state index is 12.3. The number of hydrogen-bond acceptors (Lipinski definition) is 5. The van der Waals surface area contributed by atoms with Crippen LogP contribution < -0.4 is 5.32 Å². The van der Waals surface area contributed by atoms with Crippen LogP contribution in [0.2, 0.25) is 0 Å². The van der Waals surface area contributed by atoms with Crippen molar-refractivity contribution in [2.45, 2.75) is 25.9 Å². The first kappa shape index (κ1) is 12.9. The van der Waals surface area contributed by atoms with E-state index in [0.717, 1.165) is 42.1 Å². The van der Waals surface area contributed by atoms with E-state index >= 15 is 0 Å². The lowest BCUT2D eigenvalue weighted by atomic mass is 10.2. The fourth-order valence-electron chi connectivity index (χ4n) is 2.75. The monoisotopic (exact) mass is 297 g/mol. The van der Waals surface area contributed by atoms with E-state index in [-0.39, 0.29) is 5.91 Å². The van der Waals surface area contributed by atoms with Gasteiger partial charge in [-0.15, -0.1) is 10.2 Å². The van der Waals surface area contributed by atoms with Crippen LogP contribution in [0.3, 0.4) is 0 Å². The third-order valence-electron chi connectivity index (χ3n) is 3.95. The molecule has 0 bridgehead atoms. The number of amides is 1. The first-order valence-corrected chi connectivity index (χ1v) is 7.19. The molecule has 1 amide bonds. The maximum atomic E-state index is 12.3. The molecule has 1 aliphatic heterocycles. The summed E-state index contributed by atoms with van der Waals surface area (Å²) < 4.78 is 3.77. The Morgan fingerprint density at radius 2 is 2.27 bits per heavy atom. The van der Waals surface area contributed by atoms with Crippen LogP contribution in [0.5, 0.6) is 0 Å². The highest BCUT2D eigenvalue weighted by atomic mass is 16.1. The highest BCUT2D eigenvalue weighted by Crippen LogP contribution is 2.14. The van der Waals surface area contributed by atoms with Crippen LogP contribution in [0.4, 0.5) is 0 Å². The highest BCUT2D eigenvalue weighted by Gasteiger charge is 2.18. The topological polar surface area (TPSA) is 90.5 Å². The average molecular weight is 297 g/mol. The molecule has 0 aliphatic carbocycles. The Bertz CT molecular complexity index is 863. The van der Waals surface area contributed by atoms with Gasteiger partial charge in [-0.25, -0.2) is 0 Å². The lowest BCUT2D eigenvalue weighted by Crippen LogP contribution is -2.24. The molecule has 0 fully saturated rings. The molecule has 3 aromatic heterocycles. The van der Waals surface area contributed by atoms with E-state index in [1.165, 1.54) is 0 Å². The van der Waals surface area contributed by atoms with Crippen molar-refractivity contribution >= 4 is 16.9 Å². The lowest BCUT2D eigenvalue weighted by Gasteiger charge is -2.06. The Morgan fingerprint density at radius 1 is 1.36 bits per heavy atom. The van der Waals surface area contributed by atoms with Crippen LogP contribution in [0.15, 0.2) is 18.5 Å². The van der Waals surface area contributed by atoms with E-state index in [2.05, 4.69) is 30.2 Å². The van der Waals surface area contributed by atoms with Crippen LogP contribution in [-0.4, -0.2) is 35.4 Å². The largest absolute Gasteiger partial charge is 0.345 e. The molecule has 1 N–H and O–H groups in total. The Labute approximate surface area is 126 Å². The average Bonchev–Trinajstić information content (AvgIpc) is 3.21. The smallest absolute Gasteiger partial charge is 0.253 e. The van der Waals surface area contributed by atoms with Gasteiger partial charge >= 0.3 is 0 Å². The van der Waals surface area contributed by atoms with Gasteiger partial charge in [0, 0.05) is 26.2 Å². The van der Waals surface area contributed by atoms with Crippen molar-refractivity contribution in [3.63, 3.8) is 0 Å². The lowest BCUT2D eigenvalue weighted by molar-refractivity contribution is 0.0949. The second-order valence-electron chi connectivity index (χ2n) is 5.37. The van der Waals surface area contributed by atoms with Crippen molar-refractivity contribution in [3.8, 4) is 0 Å². The zero-order valence-corrected chi connectivity index (χ0v) is 12.2. The second-order valence-corrected chi connectivity index (χ2v) is 5.37. The number of nitrogens with zero attached hydrogens (tertiary/aromatic N) is 6. The molecule has 0 radical (unpaired) electrons. The van der Waals surface area contributed by atoms with Crippen LogP contribution in [0.1, 0.15) is 28.4 Å². The summed E-state index contributed by atoms with van der Waals surface area (Å²) in [7, 11) is 1.82. The summed E-state index contributed by atoms with van der Waals surface area (Å²) in [5, 5.41) is 15.3. The summed E-state index contributed by atoms with van der Waals surface area (Å²) in [6.07, 6.45) is 5.29. The first-order chi connectivity index (χ1) is 10.7. The number of nitrogens with one attached hydrogen (secondary N) is 1. The van der Waals surface area contributed by atoms with Crippen LogP contribution in [-0.2, 0) is 26.6 Å². The molecule has 0 spiro atoms. The molecule has 0 saturated heterocycles. The number of pyridine rings is 1. The number of fused-ring (bicyclic) bond motifs is 2. The van der Waals surface area contributed by atoms with E-state index in [0.29, 0.717) is 12.1 Å². The summed E-state index contributed by atoms with van der Waals surface area (Å²) in [6.45, 7) is 1.30. The number of aryl methyl sites for hydroxylation is 2. The zero-order valence-electron chi connectivity index (χ0n) is 12.2. The molecule has 8 heteroatoms. The van der Waals surface area contributed by atoms with Gasteiger partial charge in [-0.3, -0.25) is 14.5 Å². The van der Waals surface area contributed by atoms with Crippen LogP contribution in [0.25, 0.3) is 11.0 Å². The van der Waals surface area contributed by atoms with Gasteiger partial charge in [0.2, 0.25) is 0 Å². The fraction of sp³-hybridized carbons (Fsp3) is 0.357. The van der Waals surface area contributed by atoms with Gasteiger partial charge in [-0.05, 0) is 12.5 Å². The van der Waals surface area contributed by atoms with Crippen molar-refractivity contribution in [2.24, 2.45) is 7.05 Å². The molecule has 4 heterocycles. The number of hydrogen-bond donors (Lipinski definition) is 1. The van der Waals surface area contributed by atoms with E-state index in [1.807, 2.05) is 7.05 Å². The maximum Gasteiger partial charge on any atom is 0.253 e. The molecule has 4 rings (SSSR count). The zero-order chi connectivity index (χ0) is 15.1. The van der Waals surface area contributed by atoms with E-state index < -0.39 is 0 Å². The number of aromatic nitrogens is 6. The van der Waals surface area contributed by atoms with E-state index in [1.54, 1.807) is 23.1 Å². The van der Waals surface area contributed by atoms with Gasteiger partial charge in [-0.1, -0.05) is 0 Å². The van der Waals surface area contributed by atoms with Crippen molar-refractivity contribution < 1.29 is 4.79 Å². The van der Waals surface area contributed by atoms with Gasteiger partial charge in [0.1, 0.15) is 11.3 Å². The van der Waals surface area contributed by atoms with Crippen LogP contribution in [0, 0.1) is 0 Å². The summed E-state index contributed by atoms with van der Waals surface area (Å²) in [4.78, 5) is 16.5. The van der Waals surface area contributed by atoms with Crippen molar-refractivity contribution in [3.05, 3.63) is 35.7 Å². The molecule has 8 nitrogen and oxygen atoms in total. The van der Waals surface area contributed by atoms with Crippen molar-refractivity contribution in [1.82, 2.24) is 34.8 Å². The molecule has 0 saturated carbocycles. The van der Waals surface area contributed by atoms with Gasteiger partial charge in [0.25, 0.3) is 5.91 Å². The Hall–Kier alpha value is -2.77. The molecule has 0 unspecified atom stereocenters. The Balaban J connectivity index is 1.52.